The van der Waals surface area contributed by atoms with Crippen LogP contribution in [0.3, 0.4) is 0 Å². The lowest BCUT2D eigenvalue weighted by molar-refractivity contribution is -0.944. The summed E-state index contributed by atoms with van der Waals surface area (Å²) in [6, 6.07) is 2.14. The third-order valence-electron chi connectivity index (χ3n) is 9.76. The molecule has 2 bridgehead atoms. The van der Waals surface area contributed by atoms with E-state index in [2.05, 4.69) is 24.3 Å². The van der Waals surface area contributed by atoms with Crippen molar-refractivity contribution in [1.29, 1.82) is 0 Å². The van der Waals surface area contributed by atoms with Gasteiger partial charge in [0.25, 0.3) is 0 Å². The van der Waals surface area contributed by atoms with Gasteiger partial charge < -0.3 is 39.7 Å². The molecule has 5 rings (SSSR count). The molecular weight excluding hydrogens is 560 g/mol. The first-order chi connectivity index (χ1) is 20.3. The number of hydrogen-bond acceptors (Lipinski definition) is 8. The van der Waals surface area contributed by atoms with Crippen LogP contribution in [0.25, 0.3) is 0 Å². The molecule has 1 spiro atoms. The molecule has 13 nitrogen and oxygen atoms in total. The van der Waals surface area contributed by atoms with E-state index in [-0.39, 0.29) is 37.1 Å². The zero-order valence-corrected chi connectivity index (χ0v) is 24.7. The number of carboxylic acids is 1. The number of likely N-dealkylation sites (tertiary alicyclic amines) is 1. The van der Waals surface area contributed by atoms with Gasteiger partial charge >= 0.3 is 12.1 Å². The smallest absolute Gasteiger partial charge is 0.415 e. The molecule has 1 saturated heterocycles. The molecule has 2 aliphatic heterocycles. The number of quaternary nitrogens is 1. The van der Waals surface area contributed by atoms with Crippen molar-refractivity contribution in [3.8, 4) is 11.5 Å². The first kappa shape index (κ1) is 30.5. The number of hydrogen-bond donors (Lipinski definition) is 4. The van der Waals surface area contributed by atoms with Gasteiger partial charge in [0, 0.05) is 51.9 Å². The summed E-state index contributed by atoms with van der Waals surface area (Å²) in [5, 5.41) is 26.3. The molecule has 6 atom stereocenters. The number of ether oxygens (including phenoxy) is 2. The van der Waals surface area contributed by atoms with E-state index in [1.54, 1.807) is 6.07 Å². The minimum absolute atomic E-state index is 0.0243. The number of carbonyl (C=O) groups is 5. The molecule has 2 aliphatic carbocycles. The van der Waals surface area contributed by atoms with Gasteiger partial charge in [-0.15, -0.1) is 0 Å². The number of nitrogens with zero attached hydrogens (tertiary/aromatic N) is 2. The summed E-state index contributed by atoms with van der Waals surface area (Å²) in [6.07, 6.45) is 1.36. The summed E-state index contributed by atoms with van der Waals surface area (Å²) < 4.78 is 12.7. The third kappa shape index (κ3) is 4.84. The fourth-order valence-corrected chi connectivity index (χ4v) is 7.78. The van der Waals surface area contributed by atoms with Gasteiger partial charge in [0.05, 0.1) is 32.0 Å². The normalized spacial score (nSPS) is 30.3. The zero-order valence-electron chi connectivity index (χ0n) is 24.7. The zero-order chi connectivity index (χ0) is 31.3. The van der Waals surface area contributed by atoms with Crippen LogP contribution in [-0.4, -0.2) is 113 Å². The van der Waals surface area contributed by atoms with Crippen LogP contribution in [0.2, 0.25) is 0 Å². The average Bonchev–Trinajstić information content (AvgIpc) is 3.30. The van der Waals surface area contributed by atoms with Crippen molar-refractivity contribution >= 4 is 29.7 Å². The number of ketones is 1. The number of amides is 3. The highest BCUT2D eigenvalue weighted by molar-refractivity contribution is 5.91. The maximum absolute atomic E-state index is 13.3. The van der Waals surface area contributed by atoms with Crippen molar-refractivity contribution in [3.05, 3.63) is 35.9 Å². The van der Waals surface area contributed by atoms with Crippen molar-refractivity contribution in [2.75, 3.05) is 40.3 Å². The lowest BCUT2D eigenvalue weighted by Gasteiger charge is -2.64. The number of carboxylic acid groups (broad SMARTS) is 1. The highest BCUT2D eigenvalue weighted by atomic mass is 16.6. The number of Topliss-reactive ketones (excluding diaryl/α,β-unsaturated/α-hetero) is 1. The molecule has 3 amide bonds. The molecule has 0 aromatic heterocycles. The van der Waals surface area contributed by atoms with Crippen LogP contribution >= 0.6 is 0 Å². The maximum Gasteiger partial charge on any atom is 0.415 e. The Morgan fingerprint density at radius 3 is 2.72 bits per heavy atom. The summed E-state index contributed by atoms with van der Waals surface area (Å²) in [5.41, 5.74) is -0.362. The van der Waals surface area contributed by atoms with Gasteiger partial charge in [0.2, 0.25) is 11.8 Å². The molecule has 4 N–H and O–H groups in total. The molecule has 1 aromatic rings. The number of benzene rings is 1. The number of piperidine rings is 1. The van der Waals surface area contributed by atoms with E-state index in [0.717, 1.165) is 17.7 Å². The summed E-state index contributed by atoms with van der Waals surface area (Å²) in [7, 11) is 3.60. The van der Waals surface area contributed by atoms with Crippen molar-refractivity contribution in [1.82, 2.24) is 15.5 Å². The van der Waals surface area contributed by atoms with Crippen molar-refractivity contribution in [2.45, 2.75) is 68.2 Å². The van der Waals surface area contributed by atoms with Gasteiger partial charge in [0.15, 0.2) is 23.4 Å². The highest BCUT2D eigenvalue weighted by Gasteiger charge is 2.76. The standard InChI is InChI=1S/C30H38N4O9/c1-5-13-34(4)14-10-29-24-18-6-7-21(25(24)43-26(29)20(36)8-9-30(29,41)22(34)15-18)42-28(40)33(3)12-11-31-27(39)19(16-23(37)38)32-17(2)35/h5-7,19,22,26,41H,1,8-16H2,2-4H3,(H2-,31,32,35,37,38,39)/p+1/t19-,22-,26-,29-,30+,34?/m0/s1. The second kappa shape index (κ2) is 10.9. The van der Waals surface area contributed by atoms with E-state index < -0.39 is 53.5 Å². The second-order valence-electron chi connectivity index (χ2n) is 12.4. The Morgan fingerprint density at radius 2 is 2.05 bits per heavy atom. The van der Waals surface area contributed by atoms with Gasteiger partial charge in [-0.1, -0.05) is 12.6 Å². The molecule has 1 aromatic carbocycles. The molecule has 2 heterocycles. The topological polar surface area (TPSA) is 172 Å². The fraction of sp³-hybridized carbons (Fsp3) is 0.567. The Hall–Kier alpha value is -3.97. The van der Waals surface area contributed by atoms with Crippen LogP contribution in [0.15, 0.2) is 24.8 Å². The molecule has 13 heteroatoms. The van der Waals surface area contributed by atoms with Gasteiger partial charge in [-0.3, -0.25) is 19.2 Å². The van der Waals surface area contributed by atoms with Gasteiger partial charge in [-0.25, -0.2) is 4.79 Å². The highest BCUT2D eigenvalue weighted by Crippen LogP contribution is 2.65. The van der Waals surface area contributed by atoms with Crippen LogP contribution in [0.1, 0.15) is 43.7 Å². The van der Waals surface area contributed by atoms with E-state index >= 15 is 0 Å². The van der Waals surface area contributed by atoms with Crippen LogP contribution in [-0.2, 0) is 31.0 Å². The predicted octanol–water partition coefficient (Wildman–Crippen LogP) is 0.267. The molecule has 4 aliphatic rings. The minimum atomic E-state index is -1.25. The molecule has 2 fully saturated rings. The summed E-state index contributed by atoms with van der Waals surface area (Å²) >= 11 is 0. The maximum atomic E-state index is 13.3. The first-order valence-electron chi connectivity index (χ1n) is 14.5. The first-order valence-corrected chi connectivity index (χ1v) is 14.5. The monoisotopic (exact) mass is 599 g/mol. The van der Waals surface area contributed by atoms with E-state index in [1.165, 1.54) is 18.9 Å². The minimum Gasteiger partial charge on any atom is -0.481 e. The number of aliphatic carboxylic acids is 1. The lowest BCUT2D eigenvalue weighted by atomic mass is 9.48. The Bertz CT molecular complexity index is 1380. The number of carbonyl (C=O) groups excluding carboxylic acids is 4. The summed E-state index contributed by atoms with van der Waals surface area (Å²) in [5.74, 6) is -2.09. The van der Waals surface area contributed by atoms with E-state index in [0.29, 0.717) is 36.0 Å². The van der Waals surface area contributed by atoms with Crippen molar-refractivity contribution in [3.63, 3.8) is 0 Å². The average molecular weight is 600 g/mol. The lowest BCUT2D eigenvalue weighted by Crippen LogP contribution is -2.80. The molecule has 43 heavy (non-hydrogen) atoms. The Kier molecular flexibility index (Phi) is 7.76. The number of nitrogens with one attached hydrogen (secondary N) is 2. The van der Waals surface area contributed by atoms with Crippen LogP contribution in [0.5, 0.6) is 11.5 Å². The Labute approximate surface area is 249 Å². The molecule has 232 valence electrons. The Morgan fingerprint density at radius 1 is 1.30 bits per heavy atom. The summed E-state index contributed by atoms with van der Waals surface area (Å²) in [6.45, 7) is 6.55. The largest absolute Gasteiger partial charge is 0.481 e. The van der Waals surface area contributed by atoms with Crippen LogP contribution in [0, 0.1) is 0 Å². The van der Waals surface area contributed by atoms with Crippen LogP contribution < -0.4 is 20.1 Å². The quantitative estimate of drug-likeness (QED) is 0.218. The predicted molar refractivity (Wildman–Crippen MR) is 151 cm³/mol. The number of rotatable bonds is 10. The van der Waals surface area contributed by atoms with Gasteiger partial charge in [-0.2, -0.15) is 0 Å². The SMILES string of the molecule is C=CC[N+]1(C)CC[C@]23c4c5ccc(OC(=O)N(C)CCNC(=O)[C@H](CC(=O)O)NC(C)=O)c4O[C@H]2C(=O)CC[C@@]3(O)[C@@H]1C5. The third-order valence-corrected chi connectivity index (χ3v) is 9.76. The summed E-state index contributed by atoms with van der Waals surface area (Å²) in [4.78, 5) is 62.3. The van der Waals surface area contributed by atoms with Crippen LogP contribution in [0.4, 0.5) is 4.79 Å². The number of aliphatic hydroxyl groups is 1. The van der Waals surface area contributed by atoms with E-state index in [4.69, 9.17) is 14.6 Å². The molecule has 1 saturated carbocycles. The van der Waals surface area contributed by atoms with E-state index in [9.17, 15) is 29.1 Å². The fourth-order valence-electron chi connectivity index (χ4n) is 7.78. The van der Waals surface area contributed by atoms with Crippen molar-refractivity contribution < 1.29 is 48.1 Å². The van der Waals surface area contributed by atoms with Crippen molar-refractivity contribution in [2.24, 2.45) is 0 Å². The van der Waals surface area contributed by atoms with Gasteiger partial charge in [0.1, 0.15) is 17.7 Å². The molecule has 0 radical (unpaired) electrons. The molecule has 1 unspecified atom stereocenters. The van der Waals surface area contributed by atoms with E-state index in [1.807, 2.05) is 12.1 Å². The Balaban J connectivity index is 1.33. The second-order valence-corrected chi connectivity index (χ2v) is 12.4. The number of likely N-dealkylation sites (N-methyl/N-ethyl adjacent to an activating group) is 2. The molecular formula is C30H39N4O9+. The van der Waals surface area contributed by atoms with Gasteiger partial charge in [-0.05, 0) is 24.1 Å².